The van der Waals surface area contributed by atoms with E-state index < -0.39 is 34.3 Å². The number of hydrogen-bond acceptors (Lipinski definition) is 6. The van der Waals surface area contributed by atoms with Gasteiger partial charge in [-0.05, 0) is 55.8 Å². The van der Waals surface area contributed by atoms with Gasteiger partial charge in [-0.3, -0.25) is 13.9 Å². The van der Waals surface area contributed by atoms with Gasteiger partial charge in [0.05, 0.1) is 24.8 Å². The third-order valence-electron chi connectivity index (χ3n) is 6.05. The highest BCUT2D eigenvalue weighted by molar-refractivity contribution is 7.92. The maximum atomic E-state index is 13.9. The predicted molar refractivity (Wildman–Crippen MR) is 146 cm³/mol. The summed E-state index contributed by atoms with van der Waals surface area (Å²) in [6.45, 7) is 3.15. The maximum Gasteiger partial charge on any atom is 0.264 e. The molecule has 208 valence electrons. The van der Waals surface area contributed by atoms with Crippen LogP contribution in [-0.4, -0.2) is 58.5 Å². The molecule has 0 saturated carbocycles. The van der Waals surface area contributed by atoms with Crippen molar-refractivity contribution in [1.82, 2.24) is 10.2 Å². The fraction of sp³-hybridized carbons (Fsp3) is 0.286. The minimum absolute atomic E-state index is 0.0739. The van der Waals surface area contributed by atoms with Crippen LogP contribution in [0, 0.1) is 5.82 Å². The second-order valence-electron chi connectivity index (χ2n) is 8.58. The average molecular weight is 558 g/mol. The fourth-order valence-electron chi connectivity index (χ4n) is 3.92. The van der Waals surface area contributed by atoms with Crippen molar-refractivity contribution in [2.75, 3.05) is 31.6 Å². The molecule has 0 bridgehead atoms. The zero-order valence-corrected chi connectivity index (χ0v) is 23.1. The van der Waals surface area contributed by atoms with Gasteiger partial charge in [0.25, 0.3) is 10.0 Å². The highest BCUT2D eigenvalue weighted by Crippen LogP contribution is 2.32. The molecule has 0 aliphatic heterocycles. The van der Waals surface area contributed by atoms with Gasteiger partial charge >= 0.3 is 0 Å². The van der Waals surface area contributed by atoms with E-state index in [0.29, 0.717) is 12.3 Å². The number of nitrogens with zero attached hydrogens (tertiary/aromatic N) is 2. The lowest BCUT2D eigenvalue weighted by Gasteiger charge is -2.32. The Kier molecular flexibility index (Phi) is 9.89. The molecular weight excluding hydrogens is 525 g/mol. The van der Waals surface area contributed by atoms with E-state index in [0.717, 1.165) is 22.0 Å². The summed E-state index contributed by atoms with van der Waals surface area (Å²) in [4.78, 5) is 27.6. The number of likely N-dealkylation sites (N-methyl/N-ethyl adjacent to an activating group) is 1. The van der Waals surface area contributed by atoms with Crippen LogP contribution in [0.1, 0.15) is 19.4 Å². The summed E-state index contributed by atoms with van der Waals surface area (Å²) in [5.74, 6) is -1.06. The van der Waals surface area contributed by atoms with Gasteiger partial charge in [0.15, 0.2) is 11.5 Å². The van der Waals surface area contributed by atoms with Gasteiger partial charge in [0.1, 0.15) is 18.4 Å². The number of benzene rings is 3. The second kappa shape index (κ2) is 13.1. The molecule has 39 heavy (non-hydrogen) atoms. The summed E-state index contributed by atoms with van der Waals surface area (Å²) >= 11 is 0. The van der Waals surface area contributed by atoms with Crippen molar-refractivity contribution in [3.63, 3.8) is 0 Å². The lowest BCUT2D eigenvalue weighted by Crippen LogP contribution is -2.51. The number of anilines is 1. The van der Waals surface area contributed by atoms with Crippen LogP contribution in [0.2, 0.25) is 0 Å². The first-order chi connectivity index (χ1) is 18.6. The lowest BCUT2D eigenvalue weighted by atomic mass is 10.1. The van der Waals surface area contributed by atoms with Gasteiger partial charge in [0.2, 0.25) is 11.8 Å². The predicted octanol–water partition coefficient (Wildman–Crippen LogP) is 3.59. The average Bonchev–Trinajstić information content (AvgIpc) is 2.94. The molecule has 0 radical (unpaired) electrons. The van der Waals surface area contributed by atoms with Crippen LogP contribution in [0.3, 0.4) is 0 Å². The van der Waals surface area contributed by atoms with Crippen molar-refractivity contribution in [3.8, 4) is 11.5 Å². The van der Waals surface area contributed by atoms with Crippen molar-refractivity contribution in [2.24, 2.45) is 0 Å². The molecule has 3 aromatic carbocycles. The maximum absolute atomic E-state index is 13.9. The number of hydrogen-bond donors (Lipinski definition) is 1. The fourth-order valence-corrected chi connectivity index (χ4v) is 5.36. The van der Waals surface area contributed by atoms with Gasteiger partial charge < -0.3 is 19.7 Å². The first kappa shape index (κ1) is 29.4. The second-order valence-corrected chi connectivity index (χ2v) is 10.4. The van der Waals surface area contributed by atoms with Crippen molar-refractivity contribution in [2.45, 2.75) is 31.3 Å². The van der Waals surface area contributed by atoms with Gasteiger partial charge in [-0.1, -0.05) is 30.3 Å². The minimum atomic E-state index is -4.35. The van der Waals surface area contributed by atoms with Crippen LogP contribution in [0.25, 0.3) is 0 Å². The Morgan fingerprint density at radius 2 is 1.59 bits per heavy atom. The van der Waals surface area contributed by atoms with Crippen LogP contribution >= 0.6 is 0 Å². The SMILES string of the molecule is CCNC(=O)[C@H](C)N(Cc1ccccc1)C(=O)CN(c1ccc(F)cc1)S(=O)(=O)c1ccc(OC)c(OC)c1. The molecule has 0 heterocycles. The molecule has 2 amide bonds. The van der Waals surface area contributed by atoms with E-state index in [1.807, 2.05) is 18.2 Å². The molecule has 0 aliphatic rings. The number of ether oxygens (including phenoxy) is 2. The van der Waals surface area contributed by atoms with Crippen molar-refractivity contribution in [1.29, 1.82) is 0 Å². The number of methoxy groups -OCH3 is 2. The van der Waals surface area contributed by atoms with E-state index in [2.05, 4.69) is 5.32 Å². The number of sulfonamides is 1. The summed E-state index contributed by atoms with van der Waals surface area (Å²) in [5, 5.41) is 2.71. The lowest BCUT2D eigenvalue weighted by molar-refractivity contribution is -0.139. The van der Waals surface area contributed by atoms with E-state index in [1.165, 1.54) is 49.5 Å². The van der Waals surface area contributed by atoms with Crippen molar-refractivity contribution < 1.29 is 31.9 Å². The number of amides is 2. The topological polar surface area (TPSA) is 105 Å². The molecule has 3 rings (SSSR count). The molecule has 0 unspecified atom stereocenters. The molecular formula is C28H32FN3O6S. The largest absolute Gasteiger partial charge is 0.493 e. The molecule has 11 heteroatoms. The Morgan fingerprint density at radius 1 is 0.949 bits per heavy atom. The Labute approximate surface area is 228 Å². The van der Waals surface area contributed by atoms with Crippen molar-refractivity contribution >= 4 is 27.5 Å². The minimum Gasteiger partial charge on any atom is -0.493 e. The van der Waals surface area contributed by atoms with E-state index in [-0.39, 0.29) is 28.8 Å². The molecule has 0 fully saturated rings. The summed E-state index contributed by atoms with van der Waals surface area (Å²) < 4.78 is 52.9. The number of rotatable bonds is 12. The van der Waals surface area contributed by atoms with Crippen LogP contribution in [0.5, 0.6) is 11.5 Å². The van der Waals surface area contributed by atoms with Gasteiger partial charge in [-0.25, -0.2) is 12.8 Å². The number of nitrogens with one attached hydrogen (secondary N) is 1. The Bertz CT molecular complexity index is 1380. The summed E-state index contributed by atoms with van der Waals surface area (Å²) in [7, 11) is -1.56. The number of carbonyl (C=O) groups excluding carboxylic acids is 2. The van der Waals surface area contributed by atoms with Crippen LogP contribution in [0.15, 0.2) is 77.7 Å². The van der Waals surface area contributed by atoms with E-state index in [9.17, 15) is 22.4 Å². The number of halogens is 1. The third kappa shape index (κ3) is 7.05. The summed E-state index contributed by atoms with van der Waals surface area (Å²) in [6, 6.07) is 17.0. The van der Waals surface area contributed by atoms with Crippen LogP contribution < -0.4 is 19.1 Å². The third-order valence-corrected chi connectivity index (χ3v) is 7.82. The normalized spacial score (nSPS) is 11.8. The molecule has 0 spiro atoms. The molecule has 9 nitrogen and oxygen atoms in total. The molecule has 0 aromatic heterocycles. The molecule has 1 atom stereocenters. The standard InChI is InChI=1S/C28H32FN3O6S/c1-5-30-28(34)20(2)31(18-21-9-7-6-8-10-21)27(33)19-32(23-13-11-22(29)12-14-23)39(35,36)24-15-16-25(37-3)26(17-24)38-4/h6-17,20H,5,18-19H2,1-4H3,(H,30,34)/t20-/m0/s1. The van der Waals surface area contributed by atoms with Gasteiger partial charge in [0, 0.05) is 19.2 Å². The van der Waals surface area contributed by atoms with Gasteiger partial charge in [-0.15, -0.1) is 0 Å². The van der Waals surface area contributed by atoms with Crippen molar-refractivity contribution in [3.05, 3.63) is 84.2 Å². The Hall–Kier alpha value is -4.12. The van der Waals surface area contributed by atoms with E-state index in [1.54, 1.807) is 26.0 Å². The Balaban J connectivity index is 2.05. The zero-order valence-electron chi connectivity index (χ0n) is 22.3. The monoisotopic (exact) mass is 557 g/mol. The molecule has 0 aliphatic carbocycles. The smallest absolute Gasteiger partial charge is 0.264 e. The Morgan fingerprint density at radius 3 is 2.18 bits per heavy atom. The molecule has 3 aromatic rings. The van der Waals surface area contributed by atoms with E-state index in [4.69, 9.17) is 9.47 Å². The van der Waals surface area contributed by atoms with Gasteiger partial charge in [-0.2, -0.15) is 0 Å². The highest BCUT2D eigenvalue weighted by atomic mass is 32.2. The van der Waals surface area contributed by atoms with E-state index >= 15 is 0 Å². The first-order valence-electron chi connectivity index (χ1n) is 12.2. The quantitative estimate of drug-likeness (QED) is 0.365. The molecule has 1 N–H and O–H groups in total. The van der Waals surface area contributed by atoms with Crippen LogP contribution in [0.4, 0.5) is 10.1 Å². The van der Waals surface area contributed by atoms with Crippen LogP contribution in [-0.2, 0) is 26.2 Å². The zero-order chi connectivity index (χ0) is 28.6. The first-order valence-corrected chi connectivity index (χ1v) is 13.7. The molecule has 0 saturated heterocycles. The summed E-state index contributed by atoms with van der Waals surface area (Å²) in [6.07, 6.45) is 0. The number of carbonyl (C=O) groups is 2. The highest BCUT2D eigenvalue weighted by Gasteiger charge is 2.33. The summed E-state index contributed by atoms with van der Waals surface area (Å²) in [5.41, 5.74) is 0.836.